The molecule has 0 unspecified atom stereocenters. The van der Waals surface area contributed by atoms with Crippen molar-refractivity contribution in [3.05, 3.63) is 35.5 Å². The van der Waals surface area contributed by atoms with Crippen molar-refractivity contribution >= 4 is 33.8 Å². The third-order valence-corrected chi connectivity index (χ3v) is 6.01. The Labute approximate surface area is 162 Å². The molecule has 27 heavy (non-hydrogen) atoms. The van der Waals surface area contributed by atoms with Crippen LogP contribution in [0.25, 0.3) is 21.3 Å². The number of methoxy groups -OCH3 is 1. The predicted molar refractivity (Wildman–Crippen MR) is 107 cm³/mol. The maximum absolute atomic E-state index is 12.6. The van der Waals surface area contributed by atoms with E-state index in [4.69, 9.17) is 4.74 Å². The zero-order valence-corrected chi connectivity index (χ0v) is 16.3. The van der Waals surface area contributed by atoms with Gasteiger partial charge in [0.25, 0.3) is 0 Å². The molecule has 6 nitrogen and oxygen atoms in total. The molecule has 7 heteroatoms. The van der Waals surface area contributed by atoms with Gasteiger partial charge >= 0.3 is 0 Å². The van der Waals surface area contributed by atoms with Gasteiger partial charge in [-0.25, -0.2) is 4.98 Å². The first-order valence-electron chi connectivity index (χ1n) is 9.16. The first-order valence-corrected chi connectivity index (χ1v) is 9.98. The second-order valence-electron chi connectivity index (χ2n) is 6.96. The molecule has 0 saturated heterocycles. The minimum Gasteiger partial charge on any atom is -0.381 e. The Balaban J connectivity index is 1.51. The van der Waals surface area contributed by atoms with Gasteiger partial charge in [-0.15, -0.1) is 10.2 Å². The highest BCUT2D eigenvalue weighted by Crippen LogP contribution is 2.29. The molecule has 2 heterocycles. The quantitative estimate of drug-likeness (QED) is 0.731. The molecule has 4 rings (SSSR count). The van der Waals surface area contributed by atoms with E-state index in [-0.39, 0.29) is 17.9 Å². The number of aromatic nitrogens is 3. The van der Waals surface area contributed by atoms with Crippen LogP contribution < -0.4 is 5.32 Å². The SMILES string of the molecule is CO[C@H]1CC[C@H](C(=O)Nc2cc3cc(-c4nnc(C)s4)ccc3cn2)CC1. The van der Waals surface area contributed by atoms with Crippen LogP contribution in [0.2, 0.25) is 0 Å². The lowest BCUT2D eigenvalue weighted by Gasteiger charge is -2.26. The van der Waals surface area contributed by atoms with Gasteiger partial charge in [-0.05, 0) is 50.1 Å². The van der Waals surface area contributed by atoms with Crippen molar-refractivity contribution in [3.63, 3.8) is 0 Å². The van der Waals surface area contributed by atoms with Gasteiger partial charge in [0.2, 0.25) is 5.91 Å². The van der Waals surface area contributed by atoms with Crippen molar-refractivity contribution < 1.29 is 9.53 Å². The summed E-state index contributed by atoms with van der Waals surface area (Å²) in [5, 5.41) is 15.2. The van der Waals surface area contributed by atoms with Gasteiger partial charge in [0.15, 0.2) is 0 Å². The Morgan fingerprint density at radius 1 is 1.15 bits per heavy atom. The van der Waals surface area contributed by atoms with Crippen LogP contribution in [0.15, 0.2) is 30.5 Å². The Kier molecular flexibility index (Phi) is 5.13. The second kappa shape index (κ2) is 7.70. The number of anilines is 1. The molecule has 2 aromatic heterocycles. The number of ether oxygens (including phenoxy) is 1. The van der Waals surface area contributed by atoms with E-state index in [0.29, 0.717) is 5.82 Å². The van der Waals surface area contributed by atoms with Crippen LogP contribution in [0.4, 0.5) is 5.82 Å². The lowest BCUT2D eigenvalue weighted by molar-refractivity contribution is -0.121. The van der Waals surface area contributed by atoms with Crippen molar-refractivity contribution in [2.75, 3.05) is 12.4 Å². The maximum atomic E-state index is 12.6. The van der Waals surface area contributed by atoms with E-state index in [1.165, 1.54) is 0 Å². The summed E-state index contributed by atoms with van der Waals surface area (Å²) in [4.78, 5) is 17.0. The number of hydrogen-bond donors (Lipinski definition) is 1. The molecule has 1 aliphatic carbocycles. The van der Waals surface area contributed by atoms with Gasteiger partial charge in [-0.3, -0.25) is 4.79 Å². The summed E-state index contributed by atoms with van der Waals surface area (Å²) < 4.78 is 5.38. The number of pyridine rings is 1. The molecule has 1 amide bonds. The number of carbonyl (C=O) groups is 1. The van der Waals surface area contributed by atoms with E-state index in [0.717, 1.165) is 52.0 Å². The fourth-order valence-corrected chi connectivity index (χ4v) is 4.23. The van der Waals surface area contributed by atoms with Crippen LogP contribution >= 0.6 is 11.3 Å². The number of nitrogens with zero attached hydrogens (tertiary/aromatic N) is 3. The van der Waals surface area contributed by atoms with E-state index in [1.54, 1.807) is 24.6 Å². The maximum Gasteiger partial charge on any atom is 0.228 e. The van der Waals surface area contributed by atoms with Gasteiger partial charge < -0.3 is 10.1 Å². The Morgan fingerprint density at radius 3 is 2.67 bits per heavy atom. The highest BCUT2D eigenvalue weighted by atomic mass is 32.1. The number of carbonyl (C=O) groups excluding carboxylic acids is 1. The molecule has 0 atom stereocenters. The standard InChI is InChI=1S/C20H22N4O2S/c1-12-23-24-20(27-12)14-3-4-15-11-21-18(10-16(15)9-14)22-19(25)13-5-7-17(26-2)8-6-13/h3-4,9-11,13,17H,5-8H2,1-2H3,(H,21,22,25)/t13-,17-. The number of amides is 1. The third kappa shape index (κ3) is 3.99. The van der Waals surface area contributed by atoms with Crippen LogP contribution in [0, 0.1) is 12.8 Å². The average molecular weight is 382 g/mol. The zero-order chi connectivity index (χ0) is 18.8. The van der Waals surface area contributed by atoms with E-state index >= 15 is 0 Å². The smallest absolute Gasteiger partial charge is 0.228 e. The highest BCUT2D eigenvalue weighted by Gasteiger charge is 2.26. The zero-order valence-electron chi connectivity index (χ0n) is 15.4. The van der Waals surface area contributed by atoms with Gasteiger partial charge in [-0.2, -0.15) is 0 Å². The summed E-state index contributed by atoms with van der Waals surface area (Å²) in [5.41, 5.74) is 1.02. The van der Waals surface area contributed by atoms with Crippen LogP contribution in [-0.2, 0) is 9.53 Å². The molecule has 3 aromatic rings. The summed E-state index contributed by atoms with van der Waals surface area (Å²) in [6.07, 6.45) is 5.67. The molecule has 1 fully saturated rings. The third-order valence-electron chi connectivity index (χ3n) is 5.12. The normalized spacial score (nSPS) is 19.9. The lowest BCUT2D eigenvalue weighted by atomic mass is 9.87. The lowest BCUT2D eigenvalue weighted by Crippen LogP contribution is -2.29. The van der Waals surface area contributed by atoms with Gasteiger partial charge in [-0.1, -0.05) is 23.5 Å². The molecule has 1 aliphatic rings. The van der Waals surface area contributed by atoms with Crippen molar-refractivity contribution in [1.82, 2.24) is 15.2 Å². The first-order chi connectivity index (χ1) is 13.1. The summed E-state index contributed by atoms with van der Waals surface area (Å²) in [5.74, 6) is 0.670. The van der Waals surface area contributed by atoms with Crippen molar-refractivity contribution in [2.24, 2.45) is 5.92 Å². The molecule has 1 N–H and O–H groups in total. The van der Waals surface area contributed by atoms with Crippen LogP contribution in [0.5, 0.6) is 0 Å². The molecular weight excluding hydrogens is 360 g/mol. The van der Waals surface area contributed by atoms with E-state index in [2.05, 4.69) is 26.6 Å². The molecule has 0 radical (unpaired) electrons. The Morgan fingerprint density at radius 2 is 1.96 bits per heavy atom. The van der Waals surface area contributed by atoms with Crippen molar-refractivity contribution in [3.8, 4) is 10.6 Å². The summed E-state index contributed by atoms with van der Waals surface area (Å²) in [6.45, 7) is 1.94. The number of aryl methyl sites for hydroxylation is 1. The molecule has 0 spiro atoms. The largest absolute Gasteiger partial charge is 0.381 e. The van der Waals surface area contributed by atoms with Crippen LogP contribution in [0.1, 0.15) is 30.7 Å². The van der Waals surface area contributed by atoms with Gasteiger partial charge in [0, 0.05) is 30.2 Å². The summed E-state index contributed by atoms with van der Waals surface area (Å²) in [7, 11) is 1.74. The molecular formula is C20H22N4O2S. The van der Waals surface area contributed by atoms with Crippen LogP contribution in [-0.4, -0.2) is 34.3 Å². The van der Waals surface area contributed by atoms with Crippen molar-refractivity contribution in [1.29, 1.82) is 0 Å². The topological polar surface area (TPSA) is 77.0 Å². The highest BCUT2D eigenvalue weighted by molar-refractivity contribution is 7.14. The second-order valence-corrected chi connectivity index (χ2v) is 8.14. The number of fused-ring (bicyclic) bond motifs is 1. The summed E-state index contributed by atoms with van der Waals surface area (Å²) in [6, 6.07) is 8.03. The van der Waals surface area contributed by atoms with E-state index < -0.39 is 0 Å². The van der Waals surface area contributed by atoms with Crippen molar-refractivity contribution in [2.45, 2.75) is 38.7 Å². The first kappa shape index (κ1) is 18.0. The Hall–Kier alpha value is -2.38. The number of benzene rings is 1. The fourth-order valence-electron chi connectivity index (χ4n) is 3.54. The monoisotopic (exact) mass is 382 g/mol. The molecule has 0 aliphatic heterocycles. The van der Waals surface area contributed by atoms with E-state index in [1.807, 2.05) is 25.1 Å². The fraction of sp³-hybridized carbons (Fsp3) is 0.400. The molecule has 140 valence electrons. The number of nitrogens with one attached hydrogen (secondary N) is 1. The molecule has 0 bridgehead atoms. The van der Waals surface area contributed by atoms with E-state index in [9.17, 15) is 4.79 Å². The van der Waals surface area contributed by atoms with Crippen LogP contribution in [0.3, 0.4) is 0 Å². The summed E-state index contributed by atoms with van der Waals surface area (Å²) >= 11 is 1.57. The Bertz CT molecular complexity index is 964. The number of rotatable bonds is 4. The predicted octanol–water partition coefficient (Wildman–Crippen LogP) is 4.21. The van der Waals surface area contributed by atoms with Gasteiger partial charge in [0.1, 0.15) is 15.8 Å². The number of hydrogen-bond acceptors (Lipinski definition) is 6. The minimum absolute atomic E-state index is 0.0320. The van der Waals surface area contributed by atoms with Gasteiger partial charge in [0.05, 0.1) is 6.10 Å². The average Bonchev–Trinajstić information content (AvgIpc) is 3.14. The molecule has 1 aromatic carbocycles. The minimum atomic E-state index is 0.0320. The molecule has 1 saturated carbocycles.